The van der Waals surface area contributed by atoms with E-state index in [-0.39, 0.29) is 6.03 Å². The molecule has 0 unspecified atom stereocenters. The molecule has 5 rings (SSSR count). The second-order valence-corrected chi connectivity index (χ2v) is 9.84. The summed E-state index contributed by atoms with van der Waals surface area (Å²) in [6.45, 7) is 0.651. The summed E-state index contributed by atoms with van der Waals surface area (Å²) in [6.07, 6.45) is 5.22. The van der Waals surface area contributed by atoms with E-state index in [4.69, 9.17) is 9.84 Å². The van der Waals surface area contributed by atoms with Crippen LogP contribution in [-0.4, -0.2) is 30.8 Å². The van der Waals surface area contributed by atoms with E-state index in [1.54, 1.807) is 12.0 Å². The summed E-state index contributed by atoms with van der Waals surface area (Å²) in [7, 11) is 1.61. The molecule has 2 amide bonds. The third-order valence-electron chi connectivity index (χ3n) is 7.57. The van der Waals surface area contributed by atoms with Gasteiger partial charge < -0.3 is 15.2 Å². The number of hydrogen-bond donors (Lipinski definition) is 2. The van der Waals surface area contributed by atoms with E-state index in [0.29, 0.717) is 36.2 Å². The molecule has 36 heavy (non-hydrogen) atoms. The summed E-state index contributed by atoms with van der Waals surface area (Å²) in [6, 6.07) is 22.4. The Bertz CT molecular complexity index is 1250. The molecule has 1 fully saturated rings. The SMILES string of the molecule is COc1cccc(NC(=O)N2CCc3cc(-c4ccc([C@H]5CC[C@H](CC(=O)O)CC5)cc4)ccc32)c1. The number of urea groups is 1. The molecule has 6 nitrogen and oxygen atoms in total. The van der Waals surface area contributed by atoms with Crippen molar-refractivity contribution in [2.45, 2.75) is 44.4 Å². The number of carbonyl (C=O) groups excluding carboxylic acids is 1. The number of fused-ring (bicyclic) bond motifs is 1. The van der Waals surface area contributed by atoms with Gasteiger partial charge in [-0.25, -0.2) is 4.79 Å². The first-order valence-electron chi connectivity index (χ1n) is 12.7. The quantitative estimate of drug-likeness (QED) is 0.408. The van der Waals surface area contributed by atoms with Crippen LogP contribution in [0.4, 0.5) is 16.2 Å². The van der Waals surface area contributed by atoms with E-state index >= 15 is 0 Å². The van der Waals surface area contributed by atoms with E-state index in [1.165, 1.54) is 16.7 Å². The van der Waals surface area contributed by atoms with Crippen LogP contribution in [0, 0.1) is 5.92 Å². The van der Waals surface area contributed by atoms with Crippen molar-refractivity contribution in [1.29, 1.82) is 0 Å². The maximum absolute atomic E-state index is 12.9. The zero-order valence-corrected chi connectivity index (χ0v) is 20.6. The topological polar surface area (TPSA) is 78.9 Å². The number of ether oxygens (including phenoxy) is 1. The molecule has 0 radical (unpaired) electrons. The van der Waals surface area contributed by atoms with Crippen molar-refractivity contribution < 1.29 is 19.4 Å². The predicted octanol–water partition coefficient (Wildman–Crippen LogP) is 6.71. The van der Waals surface area contributed by atoms with Crippen molar-refractivity contribution in [1.82, 2.24) is 0 Å². The number of hydrogen-bond acceptors (Lipinski definition) is 3. The fraction of sp³-hybridized carbons (Fsp3) is 0.333. The molecule has 0 spiro atoms. The van der Waals surface area contributed by atoms with Gasteiger partial charge in [-0.3, -0.25) is 9.69 Å². The molecular weight excluding hydrogens is 452 g/mol. The Balaban J connectivity index is 1.24. The molecule has 1 heterocycles. The molecule has 2 N–H and O–H groups in total. The second-order valence-electron chi connectivity index (χ2n) is 9.84. The van der Waals surface area contributed by atoms with Crippen LogP contribution in [0.3, 0.4) is 0 Å². The molecule has 0 aromatic heterocycles. The first-order valence-corrected chi connectivity index (χ1v) is 12.7. The van der Waals surface area contributed by atoms with Crippen molar-refractivity contribution in [3.8, 4) is 16.9 Å². The number of anilines is 2. The van der Waals surface area contributed by atoms with Gasteiger partial charge in [0.1, 0.15) is 5.75 Å². The van der Waals surface area contributed by atoms with E-state index in [9.17, 15) is 9.59 Å². The van der Waals surface area contributed by atoms with Crippen LogP contribution in [0.1, 0.15) is 49.1 Å². The van der Waals surface area contributed by atoms with Gasteiger partial charge in [-0.1, -0.05) is 36.4 Å². The minimum Gasteiger partial charge on any atom is -0.497 e. The van der Waals surface area contributed by atoms with Gasteiger partial charge in [-0.2, -0.15) is 0 Å². The van der Waals surface area contributed by atoms with Crippen LogP contribution in [0.15, 0.2) is 66.7 Å². The van der Waals surface area contributed by atoms with Gasteiger partial charge in [0, 0.05) is 30.4 Å². The van der Waals surface area contributed by atoms with Gasteiger partial charge in [0.2, 0.25) is 0 Å². The first kappa shape index (κ1) is 23.9. The zero-order chi connectivity index (χ0) is 25.1. The number of methoxy groups -OCH3 is 1. The number of nitrogens with zero attached hydrogens (tertiary/aromatic N) is 1. The Kier molecular flexibility index (Phi) is 6.94. The number of carboxylic acid groups (broad SMARTS) is 1. The van der Waals surface area contributed by atoms with Gasteiger partial charge in [-0.15, -0.1) is 0 Å². The Morgan fingerprint density at radius 1 is 0.972 bits per heavy atom. The van der Waals surface area contributed by atoms with Gasteiger partial charge >= 0.3 is 12.0 Å². The largest absolute Gasteiger partial charge is 0.497 e. The van der Waals surface area contributed by atoms with Crippen molar-refractivity contribution in [2.24, 2.45) is 5.92 Å². The Morgan fingerprint density at radius 3 is 2.44 bits per heavy atom. The number of carboxylic acids is 1. The molecule has 1 saturated carbocycles. The van der Waals surface area contributed by atoms with Crippen LogP contribution in [-0.2, 0) is 11.2 Å². The molecule has 0 bridgehead atoms. The minimum absolute atomic E-state index is 0.141. The van der Waals surface area contributed by atoms with Crippen LogP contribution < -0.4 is 15.0 Å². The number of benzene rings is 3. The molecule has 3 aromatic carbocycles. The Labute approximate surface area is 211 Å². The first-order chi connectivity index (χ1) is 17.5. The van der Waals surface area contributed by atoms with Crippen LogP contribution in [0.2, 0.25) is 0 Å². The van der Waals surface area contributed by atoms with Crippen LogP contribution in [0.25, 0.3) is 11.1 Å². The van der Waals surface area contributed by atoms with E-state index in [1.807, 2.05) is 30.3 Å². The van der Waals surface area contributed by atoms with Gasteiger partial charge in [0.15, 0.2) is 0 Å². The summed E-state index contributed by atoms with van der Waals surface area (Å²) < 4.78 is 5.25. The average molecular weight is 485 g/mol. The predicted molar refractivity (Wildman–Crippen MR) is 142 cm³/mol. The standard InChI is InChI=1S/C30H32N2O4/c1-36-27-4-2-3-26(19-27)31-30(35)32-16-15-25-18-24(13-14-28(25)32)23-11-9-22(10-12-23)21-7-5-20(6-8-21)17-29(33)34/h2-4,9-14,18-21H,5-8,15-17H2,1H3,(H,31,35)(H,33,34)/t20-,21-. The summed E-state index contributed by atoms with van der Waals surface area (Å²) in [5, 5.41) is 12.0. The lowest BCUT2D eigenvalue weighted by atomic mass is 9.77. The van der Waals surface area contributed by atoms with Gasteiger partial charge in [-0.05, 0) is 90.5 Å². The summed E-state index contributed by atoms with van der Waals surface area (Å²) in [4.78, 5) is 25.7. The molecule has 3 aromatic rings. The highest BCUT2D eigenvalue weighted by atomic mass is 16.5. The molecule has 0 atom stereocenters. The number of nitrogens with one attached hydrogen (secondary N) is 1. The lowest BCUT2D eigenvalue weighted by molar-refractivity contribution is -0.138. The number of carbonyl (C=O) groups is 2. The van der Waals surface area contributed by atoms with Crippen molar-refractivity contribution in [2.75, 3.05) is 23.9 Å². The summed E-state index contributed by atoms with van der Waals surface area (Å²) in [5.74, 6) is 0.858. The number of amides is 2. The third kappa shape index (κ3) is 5.23. The zero-order valence-electron chi connectivity index (χ0n) is 20.6. The maximum Gasteiger partial charge on any atom is 0.326 e. The van der Waals surface area contributed by atoms with Gasteiger partial charge in [0.25, 0.3) is 0 Å². The fourth-order valence-electron chi connectivity index (χ4n) is 5.58. The summed E-state index contributed by atoms with van der Waals surface area (Å²) >= 11 is 0. The smallest absolute Gasteiger partial charge is 0.326 e. The molecular formula is C30H32N2O4. The normalized spacial score (nSPS) is 19.0. The monoisotopic (exact) mass is 484 g/mol. The minimum atomic E-state index is -0.683. The maximum atomic E-state index is 12.9. The van der Waals surface area contributed by atoms with Crippen molar-refractivity contribution >= 4 is 23.4 Å². The lowest BCUT2D eigenvalue weighted by Gasteiger charge is -2.28. The highest BCUT2D eigenvalue weighted by Gasteiger charge is 2.26. The van der Waals surface area contributed by atoms with E-state index in [2.05, 4.69) is 41.7 Å². The molecule has 6 heteroatoms. The number of rotatable bonds is 6. The fourth-order valence-corrected chi connectivity index (χ4v) is 5.58. The Morgan fingerprint density at radius 2 is 1.72 bits per heavy atom. The highest BCUT2D eigenvalue weighted by Crippen LogP contribution is 2.38. The van der Waals surface area contributed by atoms with Crippen molar-refractivity contribution in [3.63, 3.8) is 0 Å². The molecule has 1 aliphatic carbocycles. The van der Waals surface area contributed by atoms with E-state index in [0.717, 1.165) is 43.4 Å². The van der Waals surface area contributed by atoms with Gasteiger partial charge in [0.05, 0.1) is 7.11 Å². The third-order valence-corrected chi connectivity index (χ3v) is 7.57. The molecule has 0 saturated heterocycles. The van der Waals surface area contributed by atoms with Crippen LogP contribution in [0.5, 0.6) is 5.75 Å². The second kappa shape index (κ2) is 10.4. The molecule has 1 aliphatic heterocycles. The number of aliphatic carboxylic acids is 1. The average Bonchev–Trinajstić information content (AvgIpc) is 3.32. The summed E-state index contributed by atoms with van der Waals surface area (Å²) in [5.41, 5.74) is 6.50. The van der Waals surface area contributed by atoms with Crippen molar-refractivity contribution in [3.05, 3.63) is 77.9 Å². The lowest BCUT2D eigenvalue weighted by Crippen LogP contribution is -2.33. The van der Waals surface area contributed by atoms with E-state index < -0.39 is 5.97 Å². The highest BCUT2D eigenvalue weighted by molar-refractivity contribution is 6.03. The molecule has 186 valence electrons. The molecule has 2 aliphatic rings. The van der Waals surface area contributed by atoms with Crippen LogP contribution >= 0.6 is 0 Å². The Hall–Kier alpha value is -3.80.